The molecule has 2 N–H and O–H groups in total. The Balaban J connectivity index is 1.91. The van der Waals surface area contributed by atoms with E-state index in [0.717, 1.165) is 45.5 Å². The first-order valence-corrected chi connectivity index (χ1v) is 9.50. The van der Waals surface area contributed by atoms with Crippen LogP contribution in [0.25, 0.3) is 10.9 Å². The van der Waals surface area contributed by atoms with Crippen LogP contribution in [-0.2, 0) is 13.0 Å². The number of benzene rings is 2. The fourth-order valence-corrected chi connectivity index (χ4v) is 3.36. The van der Waals surface area contributed by atoms with Crippen LogP contribution in [0.3, 0.4) is 0 Å². The van der Waals surface area contributed by atoms with Crippen LogP contribution in [0, 0.1) is 6.92 Å². The molecule has 2 aromatic carbocycles. The van der Waals surface area contributed by atoms with Crippen LogP contribution in [0.2, 0.25) is 0 Å². The third-order valence-electron chi connectivity index (χ3n) is 5.06. The number of H-pyrrole nitrogens is 1. The van der Waals surface area contributed by atoms with Crippen molar-refractivity contribution in [1.82, 2.24) is 4.98 Å². The molecular formula is C23H28N2O2. The summed E-state index contributed by atoms with van der Waals surface area (Å²) >= 11 is 0. The van der Waals surface area contributed by atoms with E-state index in [1.54, 1.807) is 7.11 Å². The second-order valence-electron chi connectivity index (χ2n) is 7.32. The summed E-state index contributed by atoms with van der Waals surface area (Å²) in [6.07, 6.45) is 0.978. The van der Waals surface area contributed by atoms with Gasteiger partial charge in [-0.15, -0.1) is 0 Å². The number of anilines is 1. The predicted octanol–water partition coefficient (Wildman–Crippen LogP) is 5.14. The lowest BCUT2D eigenvalue weighted by atomic mass is 9.99. The van der Waals surface area contributed by atoms with Crippen molar-refractivity contribution in [2.45, 2.75) is 46.6 Å². The lowest BCUT2D eigenvalue weighted by Crippen LogP contribution is -2.16. The fraction of sp³-hybridized carbons (Fsp3) is 0.348. The first-order valence-electron chi connectivity index (χ1n) is 9.50. The van der Waals surface area contributed by atoms with E-state index >= 15 is 0 Å². The maximum atomic E-state index is 12.5. The van der Waals surface area contributed by atoms with E-state index in [1.165, 1.54) is 5.56 Å². The molecule has 1 aromatic heterocycles. The van der Waals surface area contributed by atoms with Crippen molar-refractivity contribution in [3.8, 4) is 5.75 Å². The number of rotatable bonds is 6. The lowest BCUT2D eigenvalue weighted by molar-refractivity contribution is 0.407. The first-order chi connectivity index (χ1) is 12.9. The van der Waals surface area contributed by atoms with Gasteiger partial charge in [-0.3, -0.25) is 4.79 Å². The monoisotopic (exact) mass is 364 g/mol. The second kappa shape index (κ2) is 7.87. The lowest BCUT2D eigenvalue weighted by Gasteiger charge is -2.17. The summed E-state index contributed by atoms with van der Waals surface area (Å²) in [5.74, 6) is 1.27. The minimum atomic E-state index is -0.0468. The van der Waals surface area contributed by atoms with Crippen molar-refractivity contribution in [1.29, 1.82) is 0 Å². The normalized spacial score (nSPS) is 11.2. The number of hydrogen-bond acceptors (Lipinski definition) is 3. The van der Waals surface area contributed by atoms with Gasteiger partial charge in [-0.1, -0.05) is 26.8 Å². The van der Waals surface area contributed by atoms with Gasteiger partial charge in [0.05, 0.1) is 7.11 Å². The Labute approximate surface area is 160 Å². The molecule has 0 fully saturated rings. The molecule has 0 unspecified atom stereocenters. The van der Waals surface area contributed by atoms with Crippen LogP contribution in [0.4, 0.5) is 5.69 Å². The van der Waals surface area contributed by atoms with E-state index in [9.17, 15) is 4.79 Å². The van der Waals surface area contributed by atoms with Crippen LogP contribution in [0.5, 0.6) is 5.75 Å². The van der Waals surface area contributed by atoms with E-state index in [0.29, 0.717) is 12.5 Å². The molecule has 0 spiro atoms. The van der Waals surface area contributed by atoms with E-state index in [-0.39, 0.29) is 5.56 Å². The summed E-state index contributed by atoms with van der Waals surface area (Å²) in [6.45, 7) is 8.96. The molecule has 0 amide bonds. The third-order valence-corrected chi connectivity index (χ3v) is 5.06. The molecule has 0 bridgehead atoms. The number of nitrogens with one attached hydrogen (secondary N) is 2. The van der Waals surface area contributed by atoms with E-state index < -0.39 is 0 Å². The van der Waals surface area contributed by atoms with Gasteiger partial charge in [0.1, 0.15) is 5.75 Å². The summed E-state index contributed by atoms with van der Waals surface area (Å²) in [5.41, 5.74) is 6.12. The predicted molar refractivity (Wildman–Crippen MR) is 113 cm³/mol. The van der Waals surface area contributed by atoms with E-state index in [2.05, 4.69) is 55.3 Å². The van der Waals surface area contributed by atoms with Gasteiger partial charge < -0.3 is 15.0 Å². The van der Waals surface area contributed by atoms with E-state index in [1.807, 2.05) is 19.1 Å². The molecule has 0 aliphatic heterocycles. The minimum Gasteiger partial charge on any atom is -0.496 e. The molecule has 4 heteroatoms. The number of aromatic amines is 1. The van der Waals surface area contributed by atoms with Gasteiger partial charge in [-0.05, 0) is 71.7 Å². The van der Waals surface area contributed by atoms with Gasteiger partial charge in [0.25, 0.3) is 5.56 Å². The molecule has 0 atom stereocenters. The largest absolute Gasteiger partial charge is 0.496 e. The van der Waals surface area contributed by atoms with Crippen molar-refractivity contribution in [3.63, 3.8) is 0 Å². The zero-order valence-electron chi connectivity index (χ0n) is 16.8. The smallest absolute Gasteiger partial charge is 0.253 e. The maximum Gasteiger partial charge on any atom is 0.253 e. The number of hydrogen-bond donors (Lipinski definition) is 2. The Morgan fingerprint density at radius 3 is 2.59 bits per heavy atom. The second-order valence-corrected chi connectivity index (χ2v) is 7.32. The molecule has 0 saturated carbocycles. The fourth-order valence-electron chi connectivity index (χ4n) is 3.36. The van der Waals surface area contributed by atoms with Gasteiger partial charge in [-0.2, -0.15) is 0 Å². The Bertz CT molecular complexity index is 1020. The quantitative estimate of drug-likeness (QED) is 0.636. The zero-order valence-corrected chi connectivity index (χ0v) is 16.8. The van der Waals surface area contributed by atoms with Crippen LogP contribution in [0.15, 0.2) is 41.2 Å². The Morgan fingerprint density at radius 2 is 1.93 bits per heavy atom. The standard InChI is InChI=1S/C23H28N2O2/c1-6-16-7-8-20-17(10-16)11-18(23(26)25-20)13-24-21-12-19(14(2)3)22(27-5)9-15(21)4/h7-12,14,24H,6,13H2,1-5H3,(H,25,26). The Morgan fingerprint density at radius 1 is 1.15 bits per heavy atom. The molecule has 3 aromatic rings. The molecular weight excluding hydrogens is 336 g/mol. The zero-order chi connectivity index (χ0) is 19.6. The molecule has 0 aliphatic rings. The Kier molecular flexibility index (Phi) is 5.54. The number of aryl methyl sites for hydroxylation is 2. The van der Waals surface area contributed by atoms with Crippen molar-refractivity contribution < 1.29 is 4.74 Å². The molecule has 27 heavy (non-hydrogen) atoms. The first kappa shape index (κ1) is 19.0. The number of fused-ring (bicyclic) bond motifs is 1. The third kappa shape index (κ3) is 4.00. The van der Waals surface area contributed by atoms with Crippen molar-refractivity contribution in [2.75, 3.05) is 12.4 Å². The summed E-state index contributed by atoms with van der Waals surface area (Å²) in [6, 6.07) is 12.4. The van der Waals surface area contributed by atoms with Gasteiger partial charge in [0, 0.05) is 23.3 Å². The Hall–Kier alpha value is -2.75. The van der Waals surface area contributed by atoms with Crippen LogP contribution >= 0.6 is 0 Å². The molecule has 0 aliphatic carbocycles. The number of ether oxygens (including phenoxy) is 1. The highest BCUT2D eigenvalue weighted by Crippen LogP contribution is 2.32. The summed E-state index contributed by atoms with van der Waals surface area (Å²) in [5, 5.41) is 4.50. The number of methoxy groups -OCH3 is 1. The highest BCUT2D eigenvalue weighted by atomic mass is 16.5. The highest BCUT2D eigenvalue weighted by Gasteiger charge is 2.12. The van der Waals surface area contributed by atoms with Crippen LogP contribution in [0.1, 0.15) is 48.9 Å². The molecule has 0 radical (unpaired) electrons. The van der Waals surface area contributed by atoms with Gasteiger partial charge in [0.15, 0.2) is 0 Å². The highest BCUT2D eigenvalue weighted by molar-refractivity contribution is 5.79. The molecule has 3 rings (SSSR count). The average molecular weight is 364 g/mol. The molecule has 4 nitrogen and oxygen atoms in total. The molecule has 0 saturated heterocycles. The minimum absolute atomic E-state index is 0.0468. The summed E-state index contributed by atoms with van der Waals surface area (Å²) in [4.78, 5) is 15.4. The van der Waals surface area contributed by atoms with Crippen LogP contribution in [-0.4, -0.2) is 12.1 Å². The van der Waals surface area contributed by atoms with Gasteiger partial charge in [-0.25, -0.2) is 0 Å². The van der Waals surface area contributed by atoms with Crippen LogP contribution < -0.4 is 15.6 Å². The number of aromatic nitrogens is 1. The van der Waals surface area contributed by atoms with Crippen molar-refractivity contribution >= 4 is 16.6 Å². The molecule has 142 valence electrons. The van der Waals surface area contributed by atoms with E-state index in [4.69, 9.17) is 4.74 Å². The van der Waals surface area contributed by atoms with Crippen molar-refractivity contribution in [3.05, 3.63) is 69.0 Å². The topological polar surface area (TPSA) is 54.1 Å². The SMILES string of the molecule is CCc1ccc2[nH]c(=O)c(CNc3cc(C(C)C)c(OC)cc3C)cc2c1. The maximum absolute atomic E-state index is 12.5. The van der Waals surface area contributed by atoms with Gasteiger partial charge >= 0.3 is 0 Å². The van der Waals surface area contributed by atoms with Gasteiger partial charge in [0.2, 0.25) is 0 Å². The van der Waals surface area contributed by atoms with Crippen molar-refractivity contribution in [2.24, 2.45) is 0 Å². The summed E-state index contributed by atoms with van der Waals surface area (Å²) < 4.78 is 5.51. The molecule has 1 heterocycles. The average Bonchev–Trinajstić information content (AvgIpc) is 2.66. The summed E-state index contributed by atoms with van der Waals surface area (Å²) in [7, 11) is 1.70. The number of pyridine rings is 1.